The monoisotopic (exact) mass is 455 g/mol. The normalized spacial score (nSPS) is 19.0. The van der Waals surface area contributed by atoms with Crippen LogP contribution in [0.3, 0.4) is 0 Å². The third kappa shape index (κ3) is 4.91. The number of hydrogen-bond donors (Lipinski definition) is 1. The Labute approximate surface area is 194 Å². The van der Waals surface area contributed by atoms with Crippen molar-refractivity contribution in [3.05, 3.63) is 18.2 Å². The van der Waals surface area contributed by atoms with Crippen LogP contribution in [0, 0.1) is 0 Å². The van der Waals surface area contributed by atoms with E-state index >= 15 is 0 Å². The molecule has 0 aliphatic carbocycles. The molecule has 1 aromatic heterocycles. The lowest BCUT2D eigenvalue weighted by Crippen LogP contribution is -2.49. The molecular formula is C23H33N7O3. The number of rotatable bonds is 7. The standard InChI is InChI=1S/C23H33N7O3/c1-3-28(4-2)22-25-21(24-17-5-6-19-20(15-17)33-16-32-19)26-23(27-22)30-9-7-18(8-10-30)29-11-13-31-14-12-29/h5-6,15,18H,3-4,7-14,16H2,1-2H3,(H,24,25,26,27). The summed E-state index contributed by atoms with van der Waals surface area (Å²) < 4.78 is 16.4. The van der Waals surface area contributed by atoms with E-state index in [2.05, 4.69) is 33.9 Å². The Bertz CT molecular complexity index is 942. The summed E-state index contributed by atoms with van der Waals surface area (Å²) in [5.74, 6) is 3.45. The van der Waals surface area contributed by atoms with E-state index in [1.54, 1.807) is 0 Å². The highest BCUT2D eigenvalue weighted by Crippen LogP contribution is 2.35. The second kappa shape index (κ2) is 9.96. The molecule has 10 nitrogen and oxygen atoms in total. The fourth-order valence-corrected chi connectivity index (χ4v) is 4.68. The maximum Gasteiger partial charge on any atom is 0.233 e. The lowest BCUT2D eigenvalue weighted by molar-refractivity contribution is 0.0114. The second-order valence-corrected chi connectivity index (χ2v) is 8.49. The van der Waals surface area contributed by atoms with Gasteiger partial charge in [0.15, 0.2) is 11.5 Å². The minimum atomic E-state index is 0.251. The van der Waals surface area contributed by atoms with Gasteiger partial charge in [-0.2, -0.15) is 15.0 Å². The molecule has 3 aliphatic heterocycles. The van der Waals surface area contributed by atoms with Gasteiger partial charge in [0.2, 0.25) is 24.6 Å². The van der Waals surface area contributed by atoms with Gasteiger partial charge in [0, 0.05) is 57.1 Å². The highest BCUT2D eigenvalue weighted by molar-refractivity contribution is 5.61. The van der Waals surface area contributed by atoms with Crippen LogP contribution in [0.4, 0.5) is 23.5 Å². The van der Waals surface area contributed by atoms with Crippen molar-refractivity contribution in [2.45, 2.75) is 32.7 Å². The molecule has 0 radical (unpaired) electrons. The lowest BCUT2D eigenvalue weighted by Gasteiger charge is -2.40. The van der Waals surface area contributed by atoms with Crippen LogP contribution < -0.4 is 24.6 Å². The van der Waals surface area contributed by atoms with Crippen molar-refractivity contribution in [3.8, 4) is 11.5 Å². The molecule has 33 heavy (non-hydrogen) atoms. The second-order valence-electron chi connectivity index (χ2n) is 8.49. The van der Waals surface area contributed by atoms with Crippen molar-refractivity contribution in [1.29, 1.82) is 0 Å². The fourth-order valence-electron chi connectivity index (χ4n) is 4.68. The number of hydrogen-bond acceptors (Lipinski definition) is 10. The molecule has 5 rings (SSSR count). The molecule has 2 aromatic rings. The summed E-state index contributed by atoms with van der Waals surface area (Å²) in [6.07, 6.45) is 2.22. The quantitative estimate of drug-likeness (QED) is 0.672. The Morgan fingerprint density at radius 3 is 2.48 bits per heavy atom. The van der Waals surface area contributed by atoms with E-state index in [1.165, 1.54) is 0 Å². The van der Waals surface area contributed by atoms with Crippen molar-refractivity contribution < 1.29 is 14.2 Å². The number of nitrogens with one attached hydrogen (secondary N) is 1. The first-order valence-corrected chi connectivity index (χ1v) is 12.0. The van der Waals surface area contributed by atoms with Crippen LogP contribution in [0.5, 0.6) is 11.5 Å². The maximum atomic E-state index is 5.52. The molecule has 0 unspecified atom stereocenters. The number of aromatic nitrogens is 3. The number of nitrogens with zero attached hydrogens (tertiary/aromatic N) is 6. The number of fused-ring (bicyclic) bond motifs is 1. The van der Waals surface area contributed by atoms with E-state index < -0.39 is 0 Å². The third-order valence-electron chi connectivity index (χ3n) is 6.60. The predicted octanol–water partition coefficient (Wildman–Crippen LogP) is 2.49. The van der Waals surface area contributed by atoms with Gasteiger partial charge in [-0.05, 0) is 38.8 Å². The van der Waals surface area contributed by atoms with Gasteiger partial charge in [-0.15, -0.1) is 0 Å². The molecule has 2 saturated heterocycles. The molecule has 0 saturated carbocycles. The largest absolute Gasteiger partial charge is 0.454 e. The summed E-state index contributed by atoms with van der Waals surface area (Å²) in [6.45, 7) is 11.8. The van der Waals surface area contributed by atoms with Crippen molar-refractivity contribution >= 4 is 23.5 Å². The van der Waals surface area contributed by atoms with Gasteiger partial charge in [0.05, 0.1) is 13.2 Å². The highest BCUT2D eigenvalue weighted by atomic mass is 16.7. The van der Waals surface area contributed by atoms with E-state index in [-0.39, 0.29) is 6.79 Å². The van der Waals surface area contributed by atoms with Crippen LogP contribution in [0.1, 0.15) is 26.7 Å². The average molecular weight is 456 g/mol. The van der Waals surface area contributed by atoms with Crippen LogP contribution in [0.25, 0.3) is 0 Å². The zero-order valence-corrected chi connectivity index (χ0v) is 19.5. The number of ether oxygens (including phenoxy) is 3. The molecule has 0 spiro atoms. The molecule has 1 aromatic carbocycles. The van der Waals surface area contributed by atoms with Crippen molar-refractivity contribution in [2.75, 3.05) is 74.4 Å². The first-order valence-electron chi connectivity index (χ1n) is 12.0. The molecular weight excluding hydrogens is 422 g/mol. The van der Waals surface area contributed by atoms with E-state index in [1.807, 2.05) is 18.2 Å². The third-order valence-corrected chi connectivity index (χ3v) is 6.60. The first-order chi connectivity index (χ1) is 16.2. The molecule has 2 fully saturated rings. The number of anilines is 4. The van der Waals surface area contributed by atoms with Crippen molar-refractivity contribution in [3.63, 3.8) is 0 Å². The van der Waals surface area contributed by atoms with E-state index in [9.17, 15) is 0 Å². The van der Waals surface area contributed by atoms with Gasteiger partial charge in [-0.3, -0.25) is 4.90 Å². The van der Waals surface area contributed by atoms with Crippen LogP contribution in [0.2, 0.25) is 0 Å². The van der Waals surface area contributed by atoms with Crippen LogP contribution >= 0.6 is 0 Å². The Morgan fingerprint density at radius 1 is 0.970 bits per heavy atom. The van der Waals surface area contributed by atoms with Gasteiger partial charge in [-0.25, -0.2) is 0 Å². The fraction of sp³-hybridized carbons (Fsp3) is 0.609. The zero-order valence-electron chi connectivity index (χ0n) is 19.5. The Morgan fingerprint density at radius 2 is 1.73 bits per heavy atom. The van der Waals surface area contributed by atoms with Gasteiger partial charge < -0.3 is 29.3 Å². The average Bonchev–Trinajstić information content (AvgIpc) is 3.33. The molecule has 10 heteroatoms. The zero-order chi connectivity index (χ0) is 22.6. The Hall–Kier alpha value is -2.85. The Balaban J connectivity index is 1.34. The topological polar surface area (TPSA) is 88.1 Å². The van der Waals surface area contributed by atoms with Gasteiger partial charge in [-0.1, -0.05) is 0 Å². The molecule has 1 N–H and O–H groups in total. The van der Waals surface area contributed by atoms with E-state index in [4.69, 9.17) is 29.2 Å². The van der Waals surface area contributed by atoms with Crippen molar-refractivity contribution in [2.24, 2.45) is 0 Å². The van der Waals surface area contributed by atoms with Crippen LogP contribution in [0.15, 0.2) is 18.2 Å². The van der Waals surface area contributed by atoms with Crippen LogP contribution in [-0.4, -0.2) is 85.2 Å². The maximum absolute atomic E-state index is 5.52. The highest BCUT2D eigenvalue weighted by Gasteiger charge is 2.27. The van der Waals surface area contributed by atoms with Gasteiger partial charge in [0.25, 0.3) is 0 Å². The number of morpholine rings is 1. The van der Waals surface area contributed by atoms with Crippen LogP contribution in [-0.2, 0) is 4.74 Å². The summed E-state index contributed by atoms with van der Waals surface area (Å²) >= 11 is 0. The van der Waals surface area contributed by atoms with E-state index in [0.717, 1.165) is 88.5 Å². The Kier molecular flexibility index (Phi) is 6.63. The lowest BCUT2D eigenvalue weighted by atomic mass is 10.0. The van der Waals surface area contributed by atoms with Gasteiger partial charge in [0.1, 0.15) is 0 Å². The molecule has 0 amide bonds. The molecule has 4 heterocycles. The van der Waals surface area contributed by atoms with Gasteiger partial charge >= 0.3 is 0 Å². The summed E-state index contributed by atoms with van der Waals surface area (Å²) in [7, 11) is 0. The first kappa shape index (κ1) is 22.0. The molecule has 178 valence electrons. The number of piperidine rings is 1. The minimum absolute atomic E-state index is 0.251. The molecule has 0 bridgehead atoms. The summed E-state index contributed by atoms with van der Waals surface area (Å²) in [5, 5.41) is 3.34. The summed E-state index contributed by atoms with van der Waals surface area (Å²) in [4.78, 5) is 21.4. The van der Waals surface area contributed by atoms with Crippen molar-refractivity contribution in [1.82, 2.24) is 19.9 Å². The summed E-state index contributed by atoms with van der Waals surface area (Å²) in [6, 6.07) is 6.37. The smallest absolute Gasteiger partial charge is 0.233 e. The minimum Gasteiger partial charge on any atom is -0.454 e. The molecule has 3 aliphatic rings. The predicted molar refractivity (Wildman–Crippen MR) is 127 cm³/mol. The SMILES string of the molecule is CCN(CC)c1nc(Nc2ccc3c(c2)OCO3)nc(N2CCC(N3CCOCC3)CC2)n1. The molecule has 0 atom stereocenters. The van der Waals surface area contributed by atoms with E-state index in [0.29, 0.717) is 17.9 Å². The summed E-state index contributed by atoms with van der Waals surface area (Å²) in [5.41, 5.74) is 0.855. The number of benzene rings is 1.